The lowest BCUT2D eigenvalue weighted by atomic mass is 10.0. The SMILES string of the molecule is CCC(CN)Cc1nnc(C)n1-c1ccccc1. The third kappa shape index (κ3) is 2.59. The number of aryl methyl sites for hydroxylation is 1. The summed E-state index contributed by atoms with van der Waals surface area (Å²) in [5.74, 6) is 2.38. The predicted molar refractivity (Wildman–Crippen MR) is 72.6 cm³/mol. The van der Waals surface area contributed by atoms with Crippen molar-refractivity contribution < 1.29 is 0 Å². The highest BCUT2D eigenvalue weighted by Crippen LogP contribution is 2.16. The van der Waals surface area contributed by atoms with Crippen molar-refractivity contribution in [3.05, 3.63) is 42.0 Å². The predicted octanol–water partition coefficient (Wildman–Crippen LogP) is 2.10. The van der Waals surface area contributed by atoms with Gasteiger partial charge in [-0.2, -0.15) is 0 Å². The average Bonchev–Trinajstić information content (AvgIpc) is 2.78. The Labute approximate surface area is 108 Å². The Morgan fingerprint density at radius 3 is 2.56 bits per heavy atom. The largest absolute Gasteiger partial charge is 0.330 e. The minimum atomic E-state index is 0.469. The molecule has 18 heavy (non-hydrogen) atoms. The molecule has 1 unspecified atom stereocenters. The minimum absolute atomic E-state index is 0.469. The summed E-state index contributed by atoms with van der Waals surface area (Å²) in [4.78, 5) is 0. The van der Waals surface area contributed by atoms with Crippen molar-refractivity contribution in [3.8, 4) is 5.69 Å². The Morgan fingerprint density at radius 1 is 1.22 bits per heavy atom. The van der Waals surface area contributed by atoms with Gasteiger partial charge in [-0.1, -0.05) is 31.5 Å². The summed E-state index contributed by atoms with van der Waals surface area (Å²) < 4.78 is 2.11. The van der Waals surface area contributed by atoms with Crippen LogP contribution in [0.2, 0.25) is 0 Å². The van der Waals surface area contributed by atoms with Crippen molar-refractivity contribution in [1.29, 1.82) is 0 Å². The summed E-state index contributed by atoms with van der Waals surface area (Å²) in [7, 11) is 0. The van der Waals surface area contributed by atoms with Gasteiger partial charge in [-0.15, -0.1) is 10.2 Å². The molecule has 0 saturated heterocycles. The molecule has 2 aromatic rings. The van der Waals surface area contributed by atoms with Crippen LogP contribution in [0.4, 0.5) is 0 Å². The first-order chi connectivity index (χ1) is 8.76. The van der Waals surface area contributed by atoms with Gasteiger partial charge >= 0.3 is 0 Å². The number of benzene rings is 1. The number of hydrogen-bond acceptors (Lipinski definition) is 3. The summed E-state index contributed by atoms with van der Waals surface area (Å²) in [5, 5.41) is 8.47. The first kappa shape index (κ1) is 12.8. The second kappa shape index (κ2) is 5.78. The molecule has 2 N–H and O–H groups in total. The molecule has 0 bridgehead atoms. The summed E-state index contributed by atoms with van der Waals surface area (Å²) in [6, 6.07) is 10.2. The van der Waals surface area contributed by atoms with Gasteiger partial charge in [0.25, 0.3) is 0 Å². The maximum Gasteiger partial charge on any atom is 0.137 e. The third-order valence-electron chi connectivity index (χ3n) is 3.29. The molecule has 1 atom stereocenters. The maximum absolute atomic E-state index is 5.77. The van der Waals surface area contributed by atoms with E-state index in [9.17, 15) is 0 Å². The average molecular weight is 244 g/mol. The number of nitrogens with zero attached hydrogens (tertiary/aromatic N) is 3. The molecule has 0 aliphatic carbocycles. The standard InChI is InChI=1S/C14H20N4/c1-3-12(10-15)9-14-17-16-11(2)18(14)13-7-5-4-6-8-13/h4-8,12H,3,9-10,15H2,1-2H3. The van der Waals surface area contributed by atoms with Crippen molar-refractivity contribution in [2.24, 2.45) is 11.7 Å². The highest BCUT2D eigenvalue weighted by atomic mass is 15.3. The molecule has 0 saturated carbocycles. The minimum Gasteiger partial charge on any atom is -0.330 e. The number of para-hydroxylation sites is 1. The Morgan fingerprint density at radius 2 is 1.94 bits per heavy atom. The lowest BCUT2D eigenvalue weighted by Gasteiger charge is -2.13. The molecule has 1 aromatic heterocycles. The normalized spacial score (nSPS) is 12.6. The van der Waals surface area contributed by atoms with Gasteiger partial charge in [0, 0.05) is 12.1 Å². The molecular weight excluding hydrogens is 224 g/mol. The summed E-state index contributed by atoms with van der Waals surface area (Å²) in [6.45, 7) is 4.83. The zero-order valence-electron chi connectivity index (χ0n) is 11.0. The second-order valence-electron chi connectivity index (χ2n) is 4.55. The molecule has 4 nitrogen and oxygen atoms in total. The zero-order chi connectivity index (χ0) is 13.0. The molecular formula is C14H20N4. The van der Waals surface area contributed by atoms with E-state index in [1.165, 1.54) is 0 Å². The number of nitrogens with two attached hydrogens (primary N) is 1. The van der Waals surface area contributed by atoms with Crippen LogP contribution >= 0.6 is 0 Å². The fraction of sp³-hybridized carbons (Fsp3) is 0.429. The van der Waals surface area contributed by atoms with Crippen molar-refractivity contribution in [1.82, 2.24) is 14.8 Å². The van der Waals surface area contributed by atoms with E-state index < -0.39 is 0 Å². The van der Waals surface area contributed by atoms with Crippen molar-refractivity contribution >= 4 is 0 Å². The zero-order valence-corrected chi connectivity index (χ0v) is 11.0. The smallest absolute Gasteiger partial charge is 0.137 e. The Hall–Kier alpha value is -1.68. The Balaban J connectivity index is 2.33. The second-order valence-corrected chi connectivity index (χ2v) is 4.55. The molecule has 1 aromatic carbocycles. The molecule has 0 amide bonds. The molecule has 0 spiro atoms. The van der Waals surface area contributed by atoms with Crippen LogP contribution < -0.4 is 5.73 Å². The molecule has 1 heterocycles. The van der Waals surface area contributed by atoms with E-state index >= 15 is 0 Å². The monoisotopic (exact) mass is 244 g/mol. The molecule has 0 aliphatic heterocycles. The van der Waals surface area contributed by atoms with E-state index in [-0.39, 0.29) is 0 Å². The van der Waals surface area contributed by atoms with Gasteiger partial charge in [0.15, 0.2) is 0 Å². The van der Waals surface area contributed by atoms with Gasteiger partial charge in [-0.05, 0) is 31.5 Å². The van der Waals surface area contributed by atoms with Crippen LogP contribution in [0.5, 0.6) is 0 Å². The summed E-state index contributed by atoms with van der Waals surface area (Å²) in [6.07, 6.45) is 1.94. The topological polar surface area (TPSA) is 56.7 Å². The number of hydrogen-bond donors (Lipinski definition) is 1. The maximum atomic E-state index is 5.77. The van der Waals surface area contributed by atoms with Gasteiger partial charge in [0.05, 0.1) is 0 Å². The highest BCUT2D eigenvalue weighted by molar-refractivity contribution is 5.33. The lowest BCUT2D eigenvalue weighted by molar-refractivity contribution is 0.501. The van der Waals surface area contributed by atoms with Crippen molar-refractivity contribution in [3.63, 3.8) is 0 Å². The molecule has 96 valence electrons. The lowest BCUT2D eigenvalue weighted by Crippen LogP contribution is -2.18. The van der Waals surface area contributed by atoms with Crippen LogP contribution in [0, 0.1) is 12.8 Å². The van der Waals surface area contributed by atoms with Crippen LogP contribution in [-0.4, -0.2) is 21.3 Å². The van der Waals surface area contributed by atoms with Gasteiger partial charge in [0.1, 0.15) is 11.6 Å². The first-order valence-corrected chi connectivity index (χ1v) is 6.42. The van der Waals surface area contributed by atoms with Crippen LogP contribution in [0.25, 0.3) is 5.69 Å². The first-order valence-electron chi connectivity index (χ1n) is 6.42. The number of aromatic nitrogens is 3. The number of rotatable bonds is 5. The summed E-state index contributed by atoms with van der Waals surface area (Å²) >= 11 is 0. The Kier molecular flexibility index (Phi) is 4.10. The van der Waals surface area contributed by atoms with Crippen molar-refractivity contribution in [2.75, 3.05) is 6.54 Å². The molecule has 4 heteroatoms. The Bertz CT molecular complexity index is 486. The van der Waals surface area contributed by atoms with E-state index in [1.54, 1.807) is 0 Å². The fourth-order valence-electron chi connectivity index (χ4n) is 2.10. The molecule has 0 fully saturated rings. The van der Waals surface area contributed by atoms with Crippen LogP contribution in [-0.2, 0) is 6.42 Å². The van der Waals surface area contributed by atoms with E-state index in [0.717, 1.165) is 30.2 Å². The quantitative estimate of drug-likeness (QED) is 0.876. The van der Waals surface area contributed by atoms with Crippen molar-refractivity contribution in [2.45, 2.75) is 26.7 Å². The van der Waals surface area contributed by atoms with E-state index in [4.69, 9.17) is 5.73 Å². The van der Waals surface area contributed by atoms with Crippen LogP contribution in [0.3, 0.4) is 0 Å². The summed E-state index contributed by atoms with van der Waals surface area (Å²) in [5.41, 5.74) is 6.88. The van der Waals surface area contributed by atoms with Crippen LogP contribution in [0.1, 0.15) is 25.0 Å². The highest BCUT2D eigenvalue weighted by Gasteiger charge is 2.14. The molecule has 0 radical (unpaired) electrons. The fourth-order valence-corrected chi connectivity index (χ4v) is 2.10. The van der Waals surface area contributed by atoms with Gasteiger partial charge < -0.3 is 5.73 Å². The third-order valence-corrected chi connectivity index (χ3v) is 3.29. The van der Waals surface area contributed by atoms with Crippen LogP contribution in [0.15, 0.2) is 30.3 Å². The molecule has 0 aliphatic rings. The molecule has 2 rings (SSSR count). The van der Waals surface area contributed by atoms with E-state index in [0.29, 0.717) is 12.5 Å². The van der Waals surface area contributed by atoms with Gasteiger partial charge in [-0.3, -0.25) is 4.57 Å². The van der Waals surface area contributed by atoms with Gasteiger partial charge in [-0.25, -0.2) is 0 Å². The van der Waals surface area contributed by atoms with Gasteiger partial charge in [0.2, 0.25) is 0 Å². The van der Waals surface area contributed by atoms with E-state index in [2.05, 4.69) is 33.8 Å². The van der Waals surface area contributed by atoms with E-state index in [1.807, 2.05) is 25.1 Å².